The molecule has 0 unspecified atom stereocenters. The molecule has 0 fully saturated rings. The van der Waals surface area contributed by atoms with Crippen molar-refractivity contribution in [2.24, 2.45) is 0 Å². The van der Waals surface area contributed by atoms with Crippen molar-refractivity contribution in [3.8, 4) is 10.8 Å². The van der Waals surface area contributed by atoms with Gasteiger partial charge in [0.2, 0.25) is 5.91 Å². The third-order valence-electron chi connectivity index (χ3n) is 3.49. The summed E-state index contributed by atoms with van der Waals surface area (Å²) in [6, 6.07) is 11.4. The second-order valence-electron chi connectivity index (χ2n) is 5.62. The fourth-order valence-corrected chi connectivity index (χ4v) is 4.58. The topological polar surface area (TPSA) is 89.3 Å². The zero-order chi connectivity index (χ0) is 17.9. The third-order valence-corrected chi connectivity index (χ3v) is 6.28. The lowest BCUT2D eigenvalue weighted by atomic mass is 10.3. The second-order valence-corrected chi connectivity index (χ2v) is 8.84. The van der Waals surface area contributed by atoms with Crippen molar-refractivity contribution in [3.05, 3.63) is 42.2 Å². The number of carbonyl (C=O) groups is 1. The number of carbonyl (C=O) groups excluding carboxylic acids is 1. The van der Waals surface area contributed by atoms with Crippen LogP contribution in [0.15, 0.2) is 40.8 Å². The summed E-state index contributed by atoms with van der Waals surface area (Å²) in [6.07, 6.45) is 0.499. The van der Waals surface area contributed by atoms with Gasteiger partial charge in [-0.3, -0.25) is 4.79 Å². The number of sulfone groups is 1. The Morgan fingerprint density at radius 1 is 1.24 bits per heavy atom. The lowest BCUT2D eigenvalue weighted by molar-refractivity contribution is -0.118. The number of rotatable bonds is 7. The third kappa shape index (κ3) is 4.46. The number of aromatic nitrogens is 1. The first kappa shape index (κ1) is 17.6. The van der Waals surface area contributed by atoms with Crippen molar-refractivity contribution in [2.75, 3.05) is 11.5 Å². The van der Waals surface area contributed by atoms with E-state index in [1.165, 1.54) is 11.3 Å². The maximum absolute atomic E-state index is 11.8. The van der Waals surface area contributed by atoms with E-state index in [9.17, 15) is 13.2 Å². The van der Waals surface area contributed by atoms with Crippen molar-refractivity contribution >= 4 is 37.3 Å². The highest BCUT2D eigenvalue weighted by Gasteiger charge is 2.16. The summed E-state index contributed by atoms with van der Waals surface area (Å²) in [7, 11) is -3.34. The summed E-state index contributed by atoms with van der Waals surface area (Å²) in [4.78, 5) is 16.3. The van der Waals surface area contributed by atoms with E-state index in [0.717, 1.165) is 15.2 Å². The Morgan fingerprint density at radius 3 is 2.80 bits per heavy atom. The lowest BCUT2D eigenvalue weighted by Crippen LogP contribution is -2.30. The van der Waals surface area contributed by atoms with Gasteiger partial charge in [0.1, 0.15) is 11.5 Å². The number of nitrogens with zero attached hydrogens (tertiary/aromatic N) is 1. The SMILES string of the molecule is CCCS(=O)(=O)CC(=O)NCc1ccc(-c2nc3ccccc3s2)o1. The molecule has 0 atom stereocenters. The summed E-state index contributed by atoms with van der Waals surface area (Å²) in [5, 5.41) is 3.34. The van der Waals surface area contributed by atoms with Crippen molar-refractivity contribution in [1.82, 2.24) is 10.3 Å². The maximum atomic E-state index is 11.8. The molecule has 0 aliphatic rings. The van der Waals surface area contributed by atoms with E-state index in [1.807, 2.05) is 24.3 Å². The Kier molecular flexibility index (Phi) is 5.19. The van der Waals surface area contributed by atoms with E-state index in [4.69, 9.17) is 4.42 Å². The number of benzene rings is 1. The number of nitrogens with one attached hydrogen (secondary N) is 1. The maximum Gasteiger partial charge on any atom is 0.235 e. The van der Waals surface area contributed by atoms with Gasteiger partial charge in [-0.05, 0) is 30.7 Å². The monoisotopic (exact) mass is 378 g/mol. The number of fused-ring (bicyclic) bond motifs is 1. The van der Waals surface area contributed by atoms with Crippen molar-refractivity contribution in [1.29, 1.82) is 0 Å². The fourth-order valence-electron chi connectivity index (χ4n) is 2.39. The van der Waals surface area contributed by atoms with Gasteiger partial charge in [-0.1, -0.05) is 19.1 Å². The molecule has 0 aliphatic heterocycles. The van der Waals surface area contributed by atoms with E-state index in [-0.39, 0.29) is 12.3 Å². The van der Waals surface area contributed by atoms with Gasteiger partial charge in [0.05, 0.1) is 22.5 Å². The standard InChI is InChI=1S/C17H18N2O4S2/c1-2-9-25(21,22)11-16(20)18-10-12-7-8-14(23-12)17-19-13-5-3-4-6-15(13)24-17/h3-8H,2,9-11H2,1H3,(H,18,20). The van der Waals surface area contributed by atoms with Gasteiger partial charge in [0.15, 0.2) is 20.6 Å². The molecule has 0 bridgehead atoms. The van der Waals surface area contributed by atoms with Crippen molar-refractivity contribution in [2.45, 2.75) is 19.9 Å². The average Bonchev–Trinajstić information content (AvgIpc) is 3.18. The van der Waals surface area contributed by atoms with Crippen LogP contribution in [0.2, 0.25) is 0 Å². The summed E-state index contributed by atoms with van der Waals surface area (Å²) in [6.45, 7) is 1.91. The van der Waals surface area contributed by atoms with Crippen LogP contribution in [0.1, 0.15) is 19.1 Å². The van der Waals surface area contributed by atoms with Gasteiger partial charge in [-0.15, -0.1) is 11.3 Å². The van der Waals surface area contributed by atoms with Crippen molar-refractivity contribution in [3.63, 3.8) is 0 Å². The van der Waals surface area contributed by atoms with Crippen LogP contribution < -0.4 is 5.32 Å². The first-order valence-electron chi connectivity index (χ1n) is 7.88. The van der Waals surface area contributed by atoms with Crippen LogP contribution in [0.5, 0.6) is 0 Å². The average molecular weight is 378 g/mol. The van der Waals surface area contributed by atoms with Gasteiger partial charge < -0.3 is 9.73 Å². The molecule has 0 saturated carbocycles. The molecule has 3 rings (SSSR count). The Labute approximate surface area is 149 Å². The van der Waals surface area contributed by atoms with E-state index in [0.29, 0.717) is 17.9 Å². The van der Waals surface area contributed by atoms with Crippen LogP contribution in [-0.4, -0.2) is 30.8 Å². The minimum atomic E-state index is -3.34. The fraction of sp³-hybridized carbons (Fsp3) is 0.294. The molecule has 8 heteroatoms. The van der Waals surface area contributed by atoms with Crippen LogP contribution >= 0.6 is 11.3 Å². The molecular formula is C17H18N2O4S2. The molecule has 2 heterocycles. The zero-order valence-electron chi connectivity index (χ0n) is 13.7. The van der Waals surface area contributed by atoms with E-state index >= 15 is 0 Å². The van der Waals surface area contributed by atoms with Crippen LogP contribution in [0.3, 0.4) is 0 Å². The summed E-state index contributed by atoms with van der Waals surface area (Å²) in [5.41, 5.74) is 0.912. The first-order chi connectivity index (χ1) is 12.0. The Hall–Kier alpha value is -2.19. The molecule has 0 spiro atoms. The highest BCUT2D eigenvalue weighted by molar-refractivity contribution is 7.92. The quantitative estimate of drug-likeness (QED) is 0.683. The molecule has 132 valence electrons. The number of hydrogen-bond acceptors (Lipinski definition) is 6. The Bertz CT molecular complexity index is 956. The van der Waals surface area contributed by atoms with E-state index in [2.05, 4.69) is 10.3 Å². The molecule has 3 aromatic rings. The Balaban J connectivity index is 1.63. The van der Waals surface area contributed by atoms with Crippen LogP contribution in [0, 0.1) is 0 Å². The van der Waals surface area contributed by atoms with Gasteiger partial charge in [-0.25, -0.2) is 13.4 Å². The highest BCUT2D eigenvalue weighted by Crippen LogP contribution is 2.31. The highest BCUT2D eigenvalue weighted by atomic mass is 32.2. The van der Waals surface area contributed by atoms with Crippen LogP contribution in [-0.2, 0) is 21.2 Å². The zero-order valence-corrected chi connectivity index (χ0v) is 15.3. The van der Waals surface area contributed by atoms with E-state index in [1.54, 1.807) is 19.1 Å². The van der Waals surface area contributed by atoms with Gasteiger partial charge >= 0.3 is 0 Å². The minimum absolute atomic E-state index is 0.0168. The summed E-state index contributed by atoms with van der Waals surface area (Å²) >= 11 is 1.53. The molecule has 1 amide bonds. The molecule has 0 aliphatic carbocycles. The molecule has 6 nitrogen and oxygen atoms in total. The lowest BCUT2D eigenvalue weighted by Gasteiger charge is -2.04. The van der Waals surface area contributed by atoms with Crippen LogP contribution in [0.4, 0.5) is 0 Å². The molecular weight excluding hydrogens is 360 g/mol. The number of amides is 1. The number of para-hydroxylation sites is 1. The molecule has 1 aromatic carbocycles. The van der Waals surface area contributed by atoms with Crippen molar-refractivity contribution < 1.29 is 17.6 Å². The van der Waals surface area contributed by atoms with E-state index < -0.39 is 21.5 Å². The first-order valence-corrected chi connectivity index (χ1v) is 10.5. The normalized spacial score (nSPS) is 11.7. The summed E-state index contributed by atoms with van der Waals surface area (Å²) in [5.74, 6) is 0.181. The number of hydrogen-bond donors (Lipinski definition) is 1. The molecule has 25 heavy (non-hydrogen) atoms. The molecule has 1 N–H and O–H groups in total. The van der Waals surface area contributed by atoms with Gasteiger partial charge in [-0.2, -0.15) is 0 Å². The number of furan rings is 1. The second kappa shape index (κ2) is 7.37. The predicted octanol–water partition coefficient (Wildman–Crippen LogP) is 3.00. The summed E-state index contributed by atoms with van der Waals surface area (Å²) < 4.78 is 30.1. The Morgan fingerprint density at radius 2 is 2.04 bits per heavy atom. The number of thiazole rings is 1. The minimum Gasteiger partial charge on any atom is -0.457 e. The predicted molar refractivity (Wildman–Crippen MR) is 98.1 cm³/mol. The molecule has 2 aromatic heterocycles. The van der Waals surface area contributed by atoms with Gasteiger partial charge in [0.25, 0.3) is 0 Å². The smallest absolute Gasteiger partial charge is 0.235 e. The van der Waals surface area contributed by atoms with Crippen LogP contribution in [0.25, 0.3) is 21.0 Å². The molecule has 0 saturated heterocycles. The molecule has 0 radical (unpaired) electrons. The largest absolute Gasteiger partial charge is 0.457 e. The van der Waals surface area contributed by atoms with Gasteiger partial charge in [0, 0.05) is 0 Å².